The lowest BCUT2D eigenvalue weighted by molar-refractivity contribution is -0.141. The second-order valence-electron chi connectivity index (χ2n) is 25.1. The molecule has 18 nitrogen and oxygen atoms in total. The van der Waals surface area contributed by atoms with Crippen molar-refractivity contribution in [1.82, 2.24) is 45.3 Å². The molecule has 0 radical (unpaired) electrons. The highest BCUT2D eigenvalue weighted by molar-refractivity contribution is 7.13. The molecule has 7 fully saturated rings. The van der Waals surface area contributed by atoms with E-state index in [9.17, 15) is 25.1 Å². The molecular formula is C63H85N13O5S. The van der Waals surface area contributed by atoms with Crippen LogP contribution in [0.25, 0.3) is 21.7 Å². The van der Waals surface area contributed by atoms with Crippen molar-refractivity contribution in [3.05, 3.63) is 83.2 Å². The number of phenolic OH excluding ortho intramolecular Hbond substituents is 1. The van der Waals surface area contributed by atoms with Gasteiger partial charge in [-0.25, -0.2) is 4.98 Å². The standard InChI is InChI=1S/C36H50N6O4S.C27H35N7O/c1-23(2)33(31-20-32(39-46-31)41-18-11-26(12-19-41)21-40-16-13-29(43)14-17-40)36(45)42-15-5-6-30(42)35(44)38-24(3)27-7-9-28(10-8-27)34-25(4)37-22-47-34;28-17-27(10-12-32(13-11-27)19-4-3-5-19)18-34-20-8-9-21(34)16-33(15-20)24-14-23(30-31-26(24)29)22-6-1-2-7-25(22)35/h7-10,20,22-24,26,29-30,33,43H,5-6,11-19,21H2,1-4H3,(H,38,44);1-2,6-7,14,19-21,35H,3-5,8-13,15-16,18H2,(H2,29,31). The van der Waals surface area contributed by atoms with Crippen molar-refractivity contribution in [3.8, 4) is 33.5 Å². The number of carbonyl (C=O) groups is 2. The molecule has 19 heteroatoms. The lowest BCUT2D eigenvalue weighted by Gasteiger charge is -2.48. The molecule has 5 N–H and O–H groups in total. The number of nitrogens with two attached hydrogens (primary N) is 1. The van der Waals surface area contributed by atoms with Gasteiger partial charge in [-0.05, 0) is 145 Å². The number of benzene rings is 2. The number of hydrogen-bond acceptors (Lipinski definition) is 17. The fourth-order valence-electron chi connectivity index (χ4n) is 14.1. The van der Waals surface area contributed by atoms with Crippen LogP contribution in [0.5, 0.6) is 5.75 Å². The maximum absolute atomic E-state index is 14.1. The molecule has 5 atom stereocenters. The van der Waals surface area contributed by atoms with Crippen LogP contribution in [0.15, 0.2) is 70.7 Å². The summed E-state index contributed by atoms with van der Waals surface area (Å²) in [7, 11) is 0. The Labute approximate surface area is 488 Å². The van der Waals surface area contributed by atoms with Crippen LogP contribution in [-0.2, 0) is 9.59 Å². The number of likely N-dealkylation sites (tertiary alicyclic amines) is 3. The number of nitrogens with zero attached hydrogens (tertiary/aromatic N) is 11. The number of carbonyl (C=O) groups excluding carboxylic acids is 2. The molecule has 5 unspecified atom stereocenters. The second-order valence-corrected chi connectivity index (χ2v) is 25.9. The Hall–Kier alpha value is -6.17. The van der Waals surface area contributed by atoms with Crippen molar-refractivity contribution in [2.24, 2.45) is 17.3 Å². The van der Waals surface area contributed by atoms with E-state index >= 15 is 0 Å². The monoisotopic (exact) mass is 1140 g/mol. The summed E-state index contributed by atoms with van der Waals surface area (Å²) in [6.45, 7) is 18.3. The fourth-order valence-corrected chi connectivity index (χ4v) is 14.9. The summed E-state index contributed by atoms with van der Waals surface area (Å²) in [4.78, 5) is 47.3. The molecule has 2 bridgehead atoms. The Morgan fingerprint density at radius 2 is 1.57 bits per heavy atom. The molecule has 6 saturated heterocycles. The number of nitrogen functional groups attached to an aromatic ring is 1. The van der Waals surface area contributed by atoms with Gasteiger partial charge >= 0.3 is 0 Å². The molecule has 82 heavy (non-hydrogen) atoms. The highest BCUT2D eigenvalue weighted by atomic mass is 32.1. The summed E-state index contributed by atoms with van der Waals surface area (Å²) in [5.74, 6) is 1.92. The molecule has 438 valence electrons. The van der Waals surface area contributed by atoms with Gasteiger partial charge in [-0.3, -0.25) is 14.5 Å². The number of nitrogens with one attached hydrogen (secondary N) is 1. The normalized spacial score (nSPS) is 23.7. The maximum atomic E-state index is 14.1. The predicted molar refractivity (Wildman–Crippen MR) is 320 cm³/mol. The van der Waals surface area contributed by atoms with E-state index in [2.05, 4.69) is 80.5 Å². The van der Waals surface area contributed by atoms with Crippen molar-refractivity contribution in [2.45, 2.75) is 153 Å². The van der Waals surface area contributed by atoms with Crippen molar-refractivity contribution < 1.29 is 24.3 Å². The van der Waals surface area contributed by atoms with Gasteiger partial charge in [0, 0.05) is 88.7 Å². The zero-order chi connectivity index (χ0) is 57.1. The number of aliphatic hydroxyl groups excluding tert-OH is 1. The summed E-state index contributed by atoms with van der Waals surface area (Å²) in [5, 5.41) is 46.4. The molecule has 3 aromatic heterocycles. The van der Waals surface area contributed by atoms with Gasteiger partial charge in [-0.15, -0.1) is 21.5 Å². The largest absolute Gasteiger partial charge is 0.507 e. The average Bonchev–Trinajstić information content (AvgIpc) is 4.44. The third-order valence-electron chi connectivity index (χ3n) is 19.4. The number of thiazole rings is 1. The number of aromatic hydroxyl groups is 1. The Morgan fingerprint density at radius 1 is 0.854 bits per heavy atom. The third kappa shape index (κ3) is 12.7. The van der Waals surface area contributed by atoms with Gasteiger partial charge in [-0.2, -0.15) is 5.26 Å². The molecular weight excluding hydrogens is 1050 g/mol. The van der Waals surface area contributed by atoms with Crippen LogP contribution in [0.2, 0.25) is 0 Å². The summed E-state index contributed by atoms with van der Waals surface area (Å²) in [6, 6.07) is 23.0. The van der Waals surface area contributed by atoms with Crippen molar-refractivity contribution in [3.63, 3.8) is 0 Å². The summed E-state index contributed by atoms with van der Waals surface area (Å²) >= 11 is 1.62. The molecule has 2 amide bonds. The van der Waals surface area contributed by atoms with E-state index in [1.54, 1.807) is 28.4 Å². The molecule has 1 saturated carbocycles. The number of anilines is 3. The van der Waals surface area contributed by atoms with Crippen LogP contribution in [0, 0.1) is 35.5 Å². The SMILES string of the molecule is Cc1ncsc1-c1ccc(C(C)NC(=O)C2CCCN2C(=O)C(c2cc(N3CCC(CN4CCC(O)CC4)CC3)no2)C(C)C)cc1.N#CC1(CN2C3CCC2CN(c2cc(-c4ccccc4O)nnc2N)C3)CCN(C2CCC2)CC1. The number of para-hydroxylation sites is 1. The van der Waals surface area contributed by atoms with Crippen molar-refractivity contribution in [2.75, 3.05) is 87.5 Å². The number of hydrogen-bond donors (Lipinski definition) is 4. The van der Waals surface area contributed by atoms with Crippen LogP contribution in [0.3, 0.4) is 0 Å². The van der Waals surface area contributed by atoms with Gasteiger partial charge in [0.2, 0.25) is 11.8 Å². The number of phenols is 1. The average molecular weight is 1140 g/mol. The number of nitriles is 1. The zero-order valence-corrected chi connectivity index (χ0v) is 49.4. The van der Waals surface area contributed by atoms with Crippen molar-refractivity contribution in [1.29, 1.82) is 5.26 Å². The molecule has 5 aromatic rings. The quantitative estimate of drug-likeness (QED) is 0.0771. The van der Waals surface area contributed by atoms with Gasteiger partial charge in [-0.1, -0.05) is 61.8 Å². The Morgan fingerprint density at radius 3 is 2.22 bits per heavy atom. The van der Waals surface area contributed by atoms with Gasteiger partial charge in [0.1, 0.15) is 17.7 Å². The Bertz CT molecular complexity index is 2990. The highest BCUT2D eigenvalue weighted by Gasteiger charge is 2.47. The van der Waals surface area contributed by atoms with Gasteiger partial charge < -0.3 is 50.3 Å². The first-order chi connectivity index (χ1) is 39.7. The maximum Gasteiger partial charge on any atom is 0.243 e. The number of aliphatic hydroxyl groups is 1. The van der Waals surface area contributed by atoms with E-state index in [-0.39, 0.29) is 41.0 Å². The van der Waals surface area contributed by atoms with E-state index in [4.69, 9.17) is 10.3 Å². The van der Waals surface area contributed by atoms with Gasteiger partial charge in [0.05, 0.1) is 51.1 Å². The number of aromatic nitrogens is 4. The molecule has 12 rings (SSSR count). The number of piperazine rings is 1. The minimum absolute atomic E-state index is 0.0129. The number of rotatable bonds is 15. The topological polar surface area (TPSA) is 221 Å². The summed E-state index contributed by atoms with van der Waals surface area (Å²) < 4.78 is 5.87. The van der Waals surface area contributed by atoms with Crippen LogP contribution in [-0.4, -0.2) is 164 Å². The van der Waals surface area contributed by atoms with E-state index in [0.29, 0.717) is 53.8 Å². The molecule has 9 heterocycles. The Kier molecular flexibility index (Phi) is 17.8. The van der Waals surface area contributed by atoms with Crippen LogP contribution in [0.1, 0.15) is 133 Å². The van der Waals surface area contributed by atoms with Crippen LogP contribution >= 0.6 is 11.3 Å². The van der Waals surface area contributed by atoms with Crippen LogP contribution < -0.4 is 20.9 Å². The first kappa shape index (κ1) is 57.6. The predicted octanol–water partition coefficient (Wildman–Crippen LogP) is 8.63. The number of amides is 2. The van der Waals surface area contributed by atoms with E-state index in [1.807, 2.05) is 57.5 Å². The molecule has 7 aliphatic rings. The van der Waals surface area contributed by atoms with E-state index in [0.717, 1.165) is 162 Å². The minimum atomic E-state index is -0.505. The summed E-state index contributed by atoms with van der Waals surface area (Å²) in [5.41, 5.74) is 13.3. The lowest BCUT2D eigenvalue weighted by atomic mass is 9.77. The molecule has 6 aliphatic heterocycles. The highest BCUT2D eigenvalue weighted by Crippen LogP contribution is 2.42. The number of piperidine rings is 3. The molecule has 2 aromatic carbocycles. The van der Waals surface area contributed by atoms with Crippen LogP contribution in [0.4, 0.5) is 17.3 Å². The van der Waals surface area contributed by atoms with Gasteiger partial charge in [0.25, 0.3) is 0 Å². The van der Waals surface area contributed by atoms with Crippen molar-refractivity contribution >= 4 is 40.5 Å². The van der Waals surface area contributed by atoms with E-state index < -0.39 is 12.0 Å². The Balaban J connectivity index is 0.000000179. The lowest BCUT2D eigenvalue weighted by Crippen LogP contribution is -2.58. The summed E-state index contributed by atoms with van der Waals surface area (Å²) in [6.07, 6.45) is 13.6. The first-order valence-electron chi connectivity index (χ1n) is 30.5. The number of aryl methyl sites for hydroxylation is 1. The first-order valence-corrected chi connectivity index (χ1v) is 31.4. The molecule has 0 spiro atoms. The minimum Gasteiger partial charge on any atom is -0.507 e. The molecule has 1 aliphatic carbocycles. The zero-order valence-electron chi connectivity index (χ0n) is 48.5. The van der Waals surface area contributed by atoms with Gasteiger partial charge in [0.15, 0.2) is 17.4 Å². The fraction of sp³-hybridized carbons (Fsp3) is 0.603. The smallest absolute Gasteiger partial charge is 0.243 e. The third-order valence-corrected chi connectivity index (χ3v) is 20.4. The second kappa shape index (κ2) is 25.4. The number of fused-ring (bicyclic) bond motifs is 2. The van der Waals surface area contributed by atoms with E-state index in [1.165, 1.54) is 19.3 Å².